The van der Waals surface area contributed by atoms with Crippen molar-refractivity contribution < 1.29 is 4.79 Å². The average molecular weight is 375 g/mol. The normalized spacial score (nSPS) is 15.5. The van der Waals surface area contributed by atoms with Crippen LogP contribution >= 0.6 is 15.9 Å². The van der Waals surface area contributed by atoms with E-state index in [1.807, 2.05) is 43.3 Å². The molecule has 1 saturated heterocycles. The first-order valence-corrected chi connectivity index (χ1v) is 8.53. The number of nitrogens with zero attached hydrogens (tertiary/aromatic N) is 3. The Labute approximate surface area is 144 Å². The fourth-order valence-corrected chi connectivity index (χ4v) is 3.14. The molecule has 0 atom stereocenters. The van der Waals surface area contributed by atoms with Crippen LogP contribution < -0.4 is 10.2 Å². The Hall–Kier alpha value is -1.95. The Morgan fingerprint density at radius 3 is 2.65 bits per heavy atom. The van der Waals surface area contributed by atoms with Gasteiger partial charge in [-0.15, -0.1) is 5.10 Å². The van der Waals surface area contributed by atoms with Crippen molar-refractivity contribution in [2.75, 3.05) is 23.3 Å². The van der Waals surface area contributed by atoms with E-state index < -0.39 is 0 Å². The van der Waals surface area contributed by atoms with Gasteiger partial charge in [-0.1, -0.05) is 22.0 Å². The van der Waals surface area contributed by atoms with E-state index in [-0.39, 0.29) is 11.8 Å². The van der Waals surface area contributed by atoms with Gasteiger partial charge in [0.05, 0.1) is 5.69 Å². The molecular weight excluding hydrogens is 356 g/mol. The molecule has 6 heteroatoms. The largest absolute Gasteiger partial charge is 0.355 e. The number of rotatable bonds is 3. The number of nitrogens with one attached hydrogen (secondary N) is 1. The molecule has 0 unspecified atom stereocenters. The highest BCUT2D eigenvalue weighted by Crippen LogP contribution is 2.23. The maximum atomic E-state index is 12.4. The molecule has 0 aliphatic carbocycles. The third-order valence-electron chi connectivity index (χ3n) is 4.07. The molecule has 0 bridgehead atoms. The lowest BCUT2D eigenvalue weighted by molar-refractivity contribution is -0.120. The summed E-state index contributed by atoms with van der Waals surface area (Å²) in [6.45, 7) is 3.58. The first-order valence-electron chi connectivity index (χ1n) is 7.73. The van der Waals surface area contributed by atoms with Gasteiger partial charge in [-0.2, -0.15) is 5.10 Å². The predicted octanol–water partition coefficient (Wildman–Crippen LogP) is 3.40. The molecule has 23 heavy (non-hydrogen) atoms. The van der Waals surface area contributed by atoms with E-state index >= 15 is 0 Å². The highest BCUT2D eigenvalue weighted by Gasteiger charge is 2.25. The molecule has 1 aromatic heterocycles. The second-order valence-electron chi connectivity index (χ2n) is 5.79. The first kappa shape index (κ1) is 15.9. The zero-order valence-electron chi connectivity index (χ0n) is 13.0. The molecule has 2 aromatic rings. The number of aromatic nitrogens is 2. The van der Waals surface area contributed by atoms with Crippen molar-refractivity contribution >= 4 is 33.3 Å². The van der Waals surface area contributed by atoms with Gasteiger partial charge in [-0.25, -0.2) is 0 Å². The fraction of sp³-hybridized carbons (Fsp3) is 0.353. The molecule has 1 aromatic carbocycles. The molecular formula is C17H19BrN4O. The van der Waals surface area contributed by atoms with Crippen molar-refractivity contribution in [2.45, 2.75) is 19.8 Å². The van der Waals surface area contributed by atoms with Crippen molar-refractivity contribution in [3.05, 3.63) is 46.6 Å². The lowest BCUT2D eigenvalue weighted by Crippen LogP contribution is -2.38. The summed E-state index contributed by atoms with van der Waals surface area (Å²) in [6.07, 6.45) is 1.66. The van der Waals surface area contributed by atoms with E-state index in [1.54, 1.807) is 0 Å². The quantitative estimate of drug-likeness (QED) is 0.894. The minimum absolute atomic E-state index is 0.0450. The number of halogens is 1. The van der Waals surface area contributed by atoms with E-state index in [0.29, 0.717) is 0 Å². The Kier molecular flexibility index (Phi) is 4.91. The lowest BCUT2D eigenvalue weighted by atomic mass is 9.96. The highest BCUT2D eigenvalue weighted by molar-refractivity contribution is 9.10. The van der Waals surface area contributed by atoms with Crippen molar-refractivity contribution in [3.8, 4) is 0 Å². The number of carbonyl (C=O) groups is 1. The maximum absolute atomic E-state index is 12.4. The SMILES string of the molecule is Cc1ccc(N2CCC(C(=O)Nc3cccc(Br)c3)CC2)nn1. The number of aryl methyl sites for hydroxylation is 1. The molecule has 0 radical (unpaired) electrons. The standard InChI is InChI=1S/C17H19BrN4O/c1-12-5-6-16(21-20-12)22-9-7-13(8-10-22)17(23)19-15-4-2-3-14(18)11-15/h2-6,11,13H,7-10H2,1H3,(H,19,23). The summed E-state index contributed by atoms with van der Waals surface area (Å²) in [4.78, 5) is 14.6. The molecule has 1 aliphatic rings. The molecule has 0 saturated carbocycles. The van der Waals surface area contributed by atoms with Crippen LogP contribution in [0.4, 0.5) is 11.5 Å². The zero-order valence-corrected chi connectivity index (χ0v) is 14.6. The molecule has 2 heterocycles. The zero-order chi connectivity index (χ0) is 16.2. The molecule has 1 aliphatic heterocycles. The van der Waals surface area contributed by atoms with Crippen LogP contribution in [0.25, 0.3) is 0 Å². The molecule has 3 rings (SSSR count). The number of benzene rings is 1. The molecule has 0 spiro atoms. The first-order chi connectivity index (χ1) is 11.1. The number of carbonyl (C=O) groups excluding carboxylic acids is 1. The minimum atomic E-state index is 0.0450. The smallest absolute Gasteiger partial charge is 0.227 e. The third-order valence-corrected chi connectivity index (χ3v) is 4.56. The molecule has 1 N–H and O–H groups in total. The van der Waals surface area contributed by atoms with E-state index in [9.17, 15) is 4.79 Å². The van der Waals surface area contributed by atoms with E-state index in [1.165, 1.54) is 0 Å². The van der Waals surface area contributed by atoms with Crippen LogP contribution in [0.1, 0.15) is 18.5 Å². The molecule has 120 valence electrons. The van der Waals surface area contributed by atoms with Crippen LogP contribution in [0.5, 0.6) is 0 Å². The lowest BCUT2D eigenvalue weighted by Gasteiger charge is -2.31. The predicted molar refractivity (Wildman–Crippen MR) is 94.5 cm³/mol. The van der Waals surface area contributed by atoms with Gasteiger partial charge in [0.15, 0.2) is 5.82 Å². The number of hydrogen-bond acceptors (Lipinski definition) is 4. The van der Waals surface area contributed by atoms with Gasteiger partial charge >= 0.3 is 0 Å². The van der Waals surface area contributed by atoms with E-state index in [0.717, 1.165) is 47.6 Å². The Morgan fingerprint density at radius 2 is 2.00 bits per heavy atom. The summed E-state index contributed by atoms with van der Waals surface area (Å²) in [5.74, 6) is 1.03. The summed E-state index contributed by atoms with van der Waals surface area (Å²) >= 11 is 3.42. The molecule has 1 amide bonds. The molecule has 5 nitrogen and oxygen atoms in total. The van der Waals surface area contributed by atoms with Gasteiger partial charge in [0.2, 0.25) is 5.91 Å². The average Bonchev–Trinajstić information content (AvgIpc) is 2.56. The monoisotopic (exact) mass is 374 g/mol. The van der Waals surface area contributed by atoms with Crippen molar-refractivity contribution in [1.29, 1.82) is 0 Å². The highest BCUT2D eigenvalue weighted by atomic mass is 79.9. The van der Waals surface area contributed by atoms with E-state index in [4.69, 9.17) is 0 Å². The van der Waals surface area contributed by atoms with Crippen molar-refractivity contribution in [2.24, 2.45) is 5.92 Å². The van der Waals surface area contributed by atoms with Gasteiger partial charge in [0.1, 0.15) is 0 Å². The summed E-state index contributed by atoms with van der Waals surface area (Å²) in [6, 6.07) is 11.6. The minimum Gasteiger partial charge on any atom is -0.355 e. The van der Waals surface area contributed by atoms with Crippen LogP contribution in [0.2, 0.25) is 0 Å². The van der Waals surface area contributed by atoms with Crippen molar-refractivity contribution in [1.82, 2.24) is 10.2 Å². The second kappa shape index (κ2) is 7.08. The van der Waals surface area contributed by atoms with Gasteiger partial charge in [0.25, 0.3) is 0 Å². The van der Waals surface area contributed by atoms with Crippen LogP contribution in [0.15, 0.2) is 40.9 Å². The van der Waals surface area contributed by atoms with Gasteiger partial charge in [-0.05, 0) is 50.1 Å². The number of piperidine rings is 1. The van der Waals surface area contributed by atoms with Crippen LogP contribution in [-0.4, -0.2) is 29.2 Å². The third kappa shape index (κ3) is 4.07. The Morgan fingerprint density at radius 1 is 1.22 bits per heavy atom. The molecule has 1 fully saturated rings. The van der Waals surface area contributed by atoms with Gasteiger partial charge in [-0.3, -0.25) is 4.79 Å². The maximum Gasteiger partial charge on any atom is 0.227 e. The van der Waals surface area contributed by atoms with Gasteiger partial charge < -0.3 is 10.2 Å². The number of anilines is 2. The van der Waals surface area contributed by atoms with Crippen LogP contribution in [0, 0.1) is 12.8 Å². The summed E-state index contributed by atoms with van der Waals surface area (Å²) in [5, 5.41) is 11.3. The topological polar surface area (TPSA) is 58.1 Å². The number of amides is 1. The van der Waals surface area contributed by atoms with E-state index in [2.05, 4.69) is 36.3 Å². The fourth-order valence-electron chi connectivity index (χ4n) is 2.74. The summed E-state index contributed by atoms with van der Waals surface area (Å²) in [7, 11) is 0. The van der Waals surface area contributed by atoms with Crippen LogP contribution in [0.3, 0.4) is 0 Å². The summed E-state index contributed by atoms with van der Waals surface area (Å²) < 4.78 is 0.961. The van der Waals surface area contributed by atoms with Crippen molar-refractivity contribution in [3.63, 3.8) is 0 Å². The summed E-state index contributed by atoms with van der Waals surface area (Å²) in [5.41, 5.74) is 1.74. The van der Waals surface area contributed by atoms with Gasteiger partial charge in [0, 0.05) is 29.2 Å². The Bertz CT molecular complexity index is 681. The Balaban J connectivity index is 1.56. The second-order valence-corrected chi connectivity index (χ2v) is 6.71. The van der Waals surface area contributed by atoms with Crippen LogP contribution in [-0.2, 0) is 4.79 Å². The number of hydrogen-bond donors (Lipinski definition) is 1.